The van der Waals surface area contributed by atoms with Crippen molar-refractivity contribution >= 4 is 60.4 Å². The third kappa shape index (κ3) is 5.67. The van der Waals surface area contributed by atoms with Gasteiger partial charge in [0.25, 0.3) is 0 Å². The van der Waals surface area contributed by atoms with Crippen molar-refractivity contribution in [2.45, 2.75) is 5.41 Å². The second-order valence-corrected chi connectivity index (χ2v) is 17.2. The standard InChI is InChI=1S/C63H42N2/c1-4-18-43(19-5-1)46-23-16-28-49(40-46)65-61-42-51(36-39-56(61)57-37-34-45-21-11-13-30-53(45)62(57)65)64(60-33-17-22-44-20-10-12-29-52(44)60)50-35-38-55-54-31-14-15-32-58(54)63(59(55)41-50,47-24-6-2-7-25-47)48-26-8-3-9-27-48/h1-42H. The first-order valence-electron chi connectivity index (χ1n) is 22.5. The Morgan fingerprint density at radius 2 is 0.908 bits per heavy atom. The number of benzene rings is 11. The molecule has 13 rings (SSSR count). The van der Waals surface area contributed by atoms with E-state index in [2.05, 4.69) is 264 Å². The second-order valence-electron chi connectivity index (χ2n) is 17.2. The Hall–Kier alpha value is -8.46. The van der Waals surface area contributed by atoms with Crippen LogP contribution in [-0.2, 0) is 5.41 Å². The van der Waals surface area contributed by atoms with Gasteiger partial charge in [0.2, 0.25) is 0 Å². The van der Waals surface area contributed by atoms with Gasteiger partial charge in [-0.2, -0.15) is 0 Å². The van der Waals surface area contributed by atoms with Gasteiger partial charge in [-0.15, -0.1) is 0 Å². The van der Waals surface area contributed by atoms with Crippen molar-refractivity contribution in [3.8, 4) is 27.9 Å². The summed E-state index contributed by atoms with van der Waals surface area (Å²) in [6.07, 6.45) is 0. The van der Waals surface area contributed by atoms with E-state index >= 15 is 0 Å². The van der Waals surface area contributed by atoms with Crippen LogP contribution in [0.5, 0.6) is 0 Å². The lowest BCUT2D eigenvalue weighted by atomic mass is 9.67. The predicted molar refractivity (Wildman–Crippen MR) is 273 cm³/mol. The number of aromatic nitrogens is 1. The number of hydrogen-bond donors (Lipinski definition) is 0. The highest BCUT2D eigenvalue weighted by atomic mass is 15.1. The van der Waals surface area contributed by atoms with Crippen LogP contribution in [0.3, 0.4) is 0 Å². The van der Waals surface area contributed by atoms with Crippen LogP contribution in [0.2, 0.25) is 0 Å². The molecule has 304 valence electrons. The zero-order valence-electron chi connectivity index (χ0n) is 35.6. The van der Waals surface area contributed by atoms with Crippen molar-refractivity contribution in [1.29, 1.82) is 0 Å². The van der Waals surface area contributed by atoms with Gasteiger partial charge in [0, 0.05) is 38.6 Å². The topological polar surface area (TPSA) is 8.17 Å². The van der Waals surface area contributed by atoms with Crippen LogP contribution < -0.4 is 4.90 Å². The minimum atomic E-state index is -0.532. The lowest BCUT2D eigenvalue weighted by Gasteiger charge is -2.35. The first kappa shape index (κ1) is 37.1. The Morgan fingerprint density at radius 3 is 1.69 bits per heavy atom. The molecule has 0 aliphatic heterocycles. The minimum absolute atomic E-state index is 0.532. The van der Waals surface area contributed by atoms with Gasteiger partial charge in [-0.05, 0) is 97.7 Å². The van der Waals surface area contributed by atoms with Crippen LogP contribution >= 0.6 is 0 Å². The smallest absolute Gasteiger partial charge is 0.0714 e. The van der Waals surface area contributed by atoms with Crippen LogP contribution in [0.4, 0.5) is 17.1 Å². The Kier molecular flexibility index (Phi) is 8.47. The average molecular weight is 827 g/mol. The van der Waals surface area contributed by atoms with E-state index in [1.54, 1.807) is 0 Å². The van der Waals surface area contributed by atoms with Crippen molar-refractivity contribution in [2.24, 2.45) is 0 Å². The van der Waals surface area contributed by atoms with Crippen molar-refractivity contribution in [2.75, 3.05) is 4.90 Å². The van der Waals surface area contributed by atoms with Crippen LogP contribution in [0, 0.1) is 0 Å². The highest BCUT2D eigenvalue weighted by molar-refractivity contribution is 6.19. The normalized spacial score (nSPS) is 12.7. The van der Waals surface area contributed by atoms with Gasteiger partial charge in [0.1, 0.15) is 0 Å². The van der Waals surface area contributed by atoms with Gasteiger partial charge >= 0.3 is 0 Å². The fourth-order valence-corrected chi connectivity index (χ4v) is 11.0. The van der Waals surface area contributed by atoms with E-state index in [1.807, 2.05) is 0 Å². The Bertz CT molecular complexity index is 3730. The zero-order valence-corrected chi connectivity index (χ0v) is 35.6. The van der Waals surface area contributed by atoms with E-state index in [4.69, 9.17) is 0 Å². The first-order chi connectivity index (χ1) is 32.3. The Balaban J connectivity index is 1.11. The first-order valence-corrected chi connectivity index (χ1v) is 22.5. The molecule has 0 unspecified atom stereocenters. The van der Waals surface area contributed by atoms with Crippen molar-refractivity contribution < 1.29 is 0 Å². The molecule has 0 saturated heterocycles. The Labute approximate surface area is 378 Å². The summed E-state index contributed by atoms with van der Waals surface area (Å²) in [4.78, 5) is 2.49. The molecule has 11 aromatic carbocycles. The van der Waals surface area contributed by atoms with E-state index in [0.717, 1.165) is 28.3 Å². The third-order valence-corrected chi connectivity index (χ3v) is 13.8. The van der Waals surface area contributed by atoms with Gasteiger partial charge in [0.15, 0.2) is 0 Å². The highest BCUT2D eigenvalue weighted by Crippen LogP contribution is 2.57. The molecule has 2 heteroatoms. The number of hydrogen-bond acceptors (Lipinski definition) is 1. The van der Waals surface area contributed by atoms with Crippen LogP contribution in [0.25, 0.3) is 71.3 Å². The maximum Gasteiger partial charge on any atom is 0.0714 e. The van der Waals surface area contributed by atoms with E-state index in [1.165, 1.54) is 82.3 Å². The quantitative estimate of drug-likeness (QED) is 0.155. The third-order valence-electron chi connectivity index (χ3n) is 13.8. The summed E-state index contributed by atoms with van der Waals surface area (Å²) in [6, 6.07) is 94.0. The maximum atomic E-state index is 2.50. The maximum absolute atomic E-state index is 2.50. The predicted octanol–water partition coefficient (Wildman–Crippen LogP) is 16.6. The zero-order chi connectivity index (χ0) is 42.9. The van der Waals surface area contributed by atoms with E-state index in [0.29, 0.717) is 0 Å². The van der Waals surface area contributed by atoms with Gasteiger partial charge in [-0.1, -0.05) is 212 Å². The second kappa shape index (κ2) is 14.8. The largest absolute Gasteiger partial charge is 0.310 e. The summed E-state index contributed by atoms with van der Waals surface area (Å²) < 4.78 is 2.50. The number of rotatable bonds is 7. The molecule has 0 fully saturated rings. The molecule has 0 amide bonds. The fraction of sp³-hybridized carbons (Fsp3) is 0.0159. The molecule has 0 bridgehead atoms. The lowest BCUT2D eigenvalue weighted by molar-refractivity contribution is 0.768. The number of nitrogens with zero attached hydrogens (tertiary/aromatic N) is 2. The molecule has 1 aromatic heterocycles. The summed E-state index contributed by atoms with van der Waals surface area (Å²) in [5.41, 5.74) is 16.3. The molecule has 12 aromatic rings. The van der Waals surface area contributed by atoms with Crippen LogP contribution in [0.15, 0.2) is 255 Å². The molecule has 65 heavy (non-hydrogen) atoms. The van der Waals surface area contributed by atoms with Crippen molar-refractivity contribution in [3.63, 3.8) is 0 Å². The summed E-state index contributed by atoms with van der Waals surface area (Å²) >= 11 is 0. The summed E-state index contributed by atoms with van der Waals surface area (Å²) in [5, 5.41) is 7.30. The molecule has 0 N–H and O–H groups in total. The molecule has 0 spiro atoms. The van der Waals surface area contributed by atoms with Gasteiger partial charge < -0.3 is 9.47 Å². The molecule has 1 heterocycles. The minimum Gasteiger partial charge on any atom is -0.310 e. The van der Waals surface area contributed by atoms with Crippen molar-refractivity contribution in [1.82, 2.24) is 4.57 Å². The monoisotopic (exact) mass is 826 g/mol. The summed E-state index contributed by atoms with van der Waals surface area (Å²) in [7, 11) is 0. The summed E-state index contributed by atoms with van der Waals surface area (Å²) in [5.74, 6) is 0. The van der Waals surface area contributed by atoms with Gasteiger partial charge in [-0.3, -0.25) is 0 Å². The number of fused-ring (bicyclic) bond motifs is 9. The molecule has 2 nitrogen and oxygen atoms in total. The molecule has 0 saturated carbocycles. The molecular formula is C63H42N2. The average Bonchev–Trinajstić information content (AvgIpc) is 3.88. The van der Waals surface area contributed by atoms with Gasteiger partial charge in [-0.25, -0.2) is 0 Å². The molecular weight excluding hydrogens is 785 g/mol. The summed E-state index contributed by atoms with van der Waals surface area (Å²) in [6.45, 7) is 0. The van der Waals surface area contributed by atoms with Crippen LogP contribution in [-0.4, -0.2) is 4.57 Å². The van der Waals surface area contributed by atoms with E-state index in [-0.39, 0.29) is 0 Å². The lowest BCUT2D eigenvalue weighted by Crippen LogP contribution is -2.28. The molecule has 0 atom stereocenters. The highest BCUT2D eigenvalue weighted by Gasteiger charge is 2.46. The molecule has 0 radical (unpaired) electrons. The SMILES string of the molecule is c1ccc(-c2cccc(-n3c4cc(N(c5ccc6c(c5)C(c5ccccc5)(c5ccccc5)c5ccccc5-6)c5cccc6ccccc56)ccc4c4ccc5ccccc5c43)c2)cc1. The van der Waals surface area contributed by atoms with E-state index in [9.17, 15) is 0 Å². The number of anilines is 3. The molecule has 1 aliphatic carbocycles. The fourth-order valence-electron chi connectivity index (χ4n) is 11.0. The van der Waals surface area contributed by atoms with Crippen molar-refractivity contribution in [3.05, 3.63) is 277 Å². The van der Waals surface area contributed by atoms with Crippen LogP contribution in [0.1, 0.15) is 22.3 Å². The molecule has 1 aliphatic rings. The van der Waals surface area contributed by atoms with Gasteiger partial charge in [0.05, 0.1) is 22.1 Å². The Morgan fingerprint density at radius 1 is 0.338 bits per heavy atom. The van der Waals surface area contributed by atoms with E-state index < -0.39 is 5.41 Å².